The number of urea groups is 1. The first-order chi connectivity index (χ1) is 13.0. The quantitative estimate of drug-likeness (QED) is 0.650. The SMILES string of the molecule is CCOc1cccc(/C=C2\C(=O)NC(=O)N(c3ccc(OC)cc3)C2=O)c1. The van der Waals surface area contributed by atoms with E-state index in [2.05, 4.69) is 5.32 Å². The third-order valence-corrected chi connectivity index (χ3v) is 3.91. The van der Waals surface area contributed by atoms with Gasteiger partial charge in [0.25, 0.3) is 11.8 Å². The number of anilines is 1. The average molecular weight is 366 g/mol. The Morgan fingerprint density at radius 1 is 1.04 bits per heavy atom. The molecule has 27 heavy (non-hydrogen) atoms. The van der Waals surface area contributed by atoms with E-state index in [1.165, 1.54) is 13.2 Å². The molecule has 1 heterocycles. The van der Waals surface area contributed by atoms with Crippen LogP contribution in [0.15, 0.2) is 54.1 Å². The molecule has 0 saturated carbocycles. The number of hydrogen-bond acceptors (Lipinski definition) is 5. The highest BCUT2D eigenvalue weighted by molar-refractivity contribution is 6.39. The summed E-state index contributed by atoms with van der Waals surface area (Å²) >= 11 is 0. The van der Waals surface area contributed by atoms with Gasteiger partial charge in [0.2, 0.25) is 0 Å². The van der Waals surface area contributed by atoms with Gasteiger partial charge in [-0.2, -0.15) is 0 Å². The minimum absolute atomic E-state index is 0.140. The van der Waals surface area contributed by atoms with Gasteiger partial charge in [0.05, 0.1) is 19.4 Å². The maximum absolute atomic E-state index is 12.8. The Morgan fingerprint density at radius 2 is 1.78 bits per heavy atom. The van der Waals surface area contributed by atoms with Crippen LogP contribution in [0.1, 0.15) is 12.5 Å². The fourth-order valence-electron chi connectivity index (χ4n) is 2.65. The van der Waals surface area contributed by atoms with Gasteiger partial charge < -0.3 is 9.47 Å². The van der Waals surface area contributed by atoms with Gasteiger partial charge in [-0.05, 0) is 55.0 Å². The molecule has 1 aliphatic rings. The maximum atomic E-state index is 12.8. The summed E-state index contributed by atoms with van der Waals surface area (Å²) in [4.78, 5) is 38.2. The van der Waals surface area contributed by atoms with E-state index in [0.29, 0.717) is 29.4 Å². The van der Waals surface area contributed by atoms with Gasteiger partial charge >= 0.3 is 6.03 Å². The van der Waals surface area contributed by atoms with Gasteiger partial charge in [-0.3, -0.25) is 14.9 Å². The number of nitrogens with one attached hydrogen (secondary N) is 1. The fourth-order valence-corrected chi connectivity index (χ4v) is 2.65. The van der Waals surface area contributed by atoms with Gasteiger partial charge in [0.15, 0.2) is 0 Å². The van der Waals surface area contributed by atoms with E-state index in [4.69, 9.17) is 9.47 Å². The molecule has 7 nitrogen and oxygen atoms in total. The number of methoxy groups -OCH3 is 1. The molecule has 138 valence electrons. The van der Waals surface area contributed by atoms with Crippen molar-refractivity contribution in [2.24, 2.45) is 0 Å². The second-order valence-corrected chi connectivity index (χ2v) is 5.66. The van der Waals surface area contributed by atoms with Crippen molar-refractivity contribution in [3.05, 3.63) is 59.7 Å². The summed E-state index contributed by atoms with van der Waals surface area (Å²) in [6.45, 7) is 2.36. The van der Waals surface area contributed by atoms with Crippen molar-refractivity contribution in [1.29, 1.82) is 0 Å². The van der Waals surface area contributed by atoms with E-state index in [0.717, 1.165) is 4.90 Å². The number of ether oxygens (including phenoxy) is 2. The molecule has 0 atom stereocenters. The number of barbiturate groups is 1. The minimum Gasteiger partial charge on any atom is -0.497 e. The summed E-state index contributed by atoms with van der Waals surface area (Å²) in [5.74, 6) is -0.228. The lowest BCUT2D eigenvalue weighted by atomic mass is 10.1. The number of rotatable bonds is 5. The highest BCUT2D eigenvalue weighted by Gasteiger charge is 2.36. The molecule has 1 saturated heterocycles. The van der Waals surface area contributed by atoms with E-state index in [1.807, 2.05) is 6.92 Å². The molecular weight excluding hydrogens is 348 g/mol. The molecule has 4 amide bonds. The second kappa shape index (κ2) is 7.74. The van der Waals surface area contributed by atoms with Crippen molar-refractivity contribution in [3.8, 4) is 11.5 Å². The Morgan fingerprint density at radius 3 is 2.44 bits per heavy atom. The van der Waals surface area contributed by atoms with Crippen molar-refractivity contribution in [2.75, 3.05) is 18.6 Å². The van der Waals surface area contributed by atoms with E-state index in [-0.39, 0.29) is 5.57 Å². The van der Waals surface area contributed by atoms with Crippen LogP contribution in [-0.4, -0.2) is 31.6 Å². The van der Waals surface area contributed by atoms with Gasteiger partial charge in [-0.15, -0.1) is 0 Å². The van der Waals surface area contributed by atoms with Crippen LogP contribution in [0.2, 0.25) is 0 Å². The van der Waals surface area contributed by atoms with E-state index in [9.17, 15) is 14.4 Å². The third-order valence-electron chi connectivity index (χ3n) is 3.91. The van der Waals surface area contributed by atoms with Crippen LogP contribution < -0.4 is 19.7 Å². The lowest BCUT2D eigenvalue weighted by Crippen LogP contribution is -2.54. The first kappa shape index (κ1) is 18.2. The van der Waals surface area contributed by atoms with Crippen LogP contribution in [0.4, 0.5) is 10.5 Å². The summed E-state index contributed by atoms with van der Waals surface area (Å²) in [5, 5.41) is 2.19. The molecule has 0 aliphatic carbocycles. The highest BCUT2D eigenvalue weighted by Crippen LogP contribution is 2.24. The number of hydrogen-bond donors (Lipinski definition) is 1. The van der Waals surface area contributed by atoms with Crippen molar-refractivity contribution in [3.63, 3.8) is 0 Å². The van der Waals surface area contributed by atoms with E-state index in [1.54, 1.807) is 48.5 Å². The standard InChI is InChI=1S/C20H18N2O5/c1-3-27-16-6-4-5-13(11-16)12-17-18(23)21-20(25)22(19(17)24)14-7-9-15(26-2)10-8-14/h4-12H,3H2,1-2H3,(H,21,23,25)/b17-12+. The Labute approximate surface area is 156 Å². The third kappa shape index (κ3) is 3.82. The molecule has 0 radical (unpaired) electrons. The van der Waals surface area contributed by atoms with Crippen molar-refractivity contribution < 1.29 is 23.9 Å². The van der Waals surface area contributed by atoms with Gasteiger partial charge in [0, 0.05) is 0 Å². The minimum atomic E-state index is -0.796. The molecule has 0 unspecified atom stereocenters. The van der Waals surface area contributed by atoms with Crippen molar-refractivity contribution >= 4 is 29.6 Å². The van der Waals surface area contributed by atoms with Crippen LogP contribution in [-0.2, 0) is 9.59 Å². The number of amides is 4. The normalized spacial score (nSPS) is 15.7. The summed E-state index contributed by atoms with van der Waals surface area (Å²) in [7, 11) is 1.52. The molecule has 0 spiro atoms. The predicted octanol–water partition coefficient (Wildman–Crippen LogP) is 2.76. The fraction of sp³-hybridized carbons (Fsp3) is 0.150. The molecule has 1 aliphatic heterocycles. The Bertz CT molecular complexity index is 918. The lowest BCUT2D eigenvalue weighted by molar-refractivity contribution is -0.122. The molecule has 2 aromatic carbocycles. The Kier molecular flexibility index (Phi) is 5.21. The summed E-state index contributed by atoms with van der Waals surface area (Å²) < 4.78 is 10.5. The molecule has 0 aromatic heterocycles. The first-order valence-corrected chi connectivity index (χ1v) is 8.32. The van der Waals surface area contributed by atoms with Crippen LogP contribution in [0.3, 0.4) is 0 Å². The molecule has 3 rings (SSSR count). The van der Waals surface area contributed by atoms with Crippen LogP contribution in [0.25, 0.3) is 6.08 Å². The van der Waals surface area contributed by atoms with Crippen molar-refractivity contribution in [2.45, 2.75) is 6.92 Å². The van der Waals surface area contributed by atoms with E-state index < -0.39 is 17.8 Å². The Hall–Kier alpha value is -3.61. The molecule has 7 heteroatoms. The Balaban J connectivity index is 1.95. The van der Waals surface area contributed by atoms with E-state index >= 15 is 0 Å². The molecule has 1 fully saturated rings. The lowest BCUT2D eigenvalue weighted by Gasteiger charge is -2.26. The maximum Gasteiger partial charge on any atom is 0.335 e. The highest BCUT2D eigenvalue weighted by atomic mass is 16.5. The zero-order valence-electron chi connectivity index (χ0n) is 14.9. The molecular formula is C20H18N2O5. The number of carbonyl (C=O) groups is 3. The second-order valence-electron chi connectivity index (χ2n) is 5.66. The summed E-state index contributed by atoms with van der Waals surface area (Å²) in [6.07, 6.45) is 1.43. The molecule has 2 aromatic rings. The smallest absolute Gasteiger partial charge is 0.335 e. The summed E-state index contributed by atoms with van der Waals surface area (Å²) in [5.41, 5.74) is 0.808. The zero-order valence-corrected chi connectivity index (χ0v) is 14.9. The largest absolute Gasteiger partial charge is 0.497 e. The van der Waals surface area contributed by atoms with Crippen LogP contribution in [0, 0.1) is 0 Å². The van der Waals surface area contributed by atoms with Gasteiger partial charge in [0.1, 0.15) is 17.1 Å². The number of benzene rings is 2. The zero-order chi connectivity index (χ0) is 19.4. The number of nitrogens with zero attached hydrogens (tertiary/aromatic N) is 1. The predicted molar refractivity (Wildman–Crippen MR) is 99.6 cm³/mol. The van der Waals surface area contributed by atoms with Gasteiger partial charge in [-0.1, -0.05) is 12.1 Å². The molecule has 1 N–H and O–H groups in total. The topological polar surface area (TPSA) is 84.9 Å². The number of carbonyl (C=O) groups excluding carboxylic acids is 3. The number of imide groups is 2. The van der Waals surface area contributed by atoms with Crippen molar-refractivity contribution in [1.82, 2.24) is 5.32 Å². The average Bonchev–Trinajstić information content (AvgIpc) is 2.66. The monoisotopic (exact) mass is 366 g/mol. The first-order valence-electron chi connectivity index (χ1n) is 8.32. The van der Waals surface area contributed by atoms with Gasteiger partial charge in [-0.25, -0.2) is 9.69 Å². The summed E-state index contributed by atoms with van der Waals surface area (Å²) in [6, 6.07) is 12.6. The molecule has 0 bridgehead atoms. The van der Waals surface area contributed by atoms with Crippen LogP contribution >= 0.6 is 0 Å². The van der Waals surface area contributed by atoms with Crippen LogP contribution in [0.5, 0.6) is 11.5 Å².